The van der Waals surface area contributed by atoms with Crippen LogP contribution in [-0.2, 0) is 15.1 Å². The normalized spacial score (nSPS) is 28.0. The molecule has 0 bridgehead atoms. The fraction of sp³-hybridized carbons (Fsp3) is 0.278. The lowest BCUT2D eigenvalue weighted by Gasteiger charge is -2.22. The Kier molecular flexibility index (Phi) is 3.38. The summed E-state index contributed by atoms with van der Waals surface area (Å²) in [6.07, 6.45) is 2.20. The molecule has 1 saturated heterocycles. The van der Waals surface area contributed by atoms with E-state index in [1.54, 1.807) is 43.5 Å². The molecule has 128 valence electrons. The molecule has 0 radical (unpaired) electrons. The summed E-state index contributed by atoms with van der Waals surface area (Å²) in [5.74, 6) is -0.424. The zero-order valence-electron chi connectivity index (χ0n) is 13.6. The van der Waals surface area contributed by atoms with E-state index in [-0.39, 0.29) is 17.7 Å². The average Bonchev–Trinajstić information content (AvgIpc) is 3.17. The summed E-state index contributed by atoms with van der Waals surface area (Å²) in [4.78, 5) is 37.3. The van der Waals surface area contributed by atoms with Gasteiger partial charge in [0.25, 0.3) is 5.91 Å². The number of amides is 4. The summed E-state index contributed by atoms with van der Waals surface area (Å²) in [7, 11) is 0. The van der Waals surface area contributed by atoms with Crippen LogP contribution in [0.15, 0.2) is 53.1 Å². The minimum Gasteiger partial charge on any atom is -0.469 e. The minimum atomic E-state index is -1.20. The molecule has 2 fully saturated rings. The molecule has 1 aliphatic heterocycles. The molecule has 3 unspecified atom stereocenters. The van der Waals surface area contributed by atoms with Gasteiger partial charge < -0.3 is 9.73 Å². The number of urea groups is 1. The molecule has 2 heterocycles. The van der Waals surface area contributed by atoms with Crippen molar-refractivity contribution in [3.05, 3.63) is 60.1 Å². The van der Waals surface area contributed by atoms with Crippen LogP contribution in [-0.4, -0.2) is 22.9 Å². The molecular formula is C18H17N3O4. The highest BCUT2D eigenvalue weighted by Crippen LogP contribution is 2.47. The number of nitrogens with one attached hydrogen (secondary N) is 2. The summed E-state index contributed by atoms with van der Waals surface area (Å²) in [5.41, 5.74) is 1.91. The van der Waals surface area contributed by atoms with Gasteiger partial charge in [0.15, 0.2) is 0 Å². The van der Waals surface area contributed by atoms with Crippen molar-refractivity contribution in [2.75, 3.05) is 0 Å². The van der Waals surface area contributed by atoms with E-state index in [1.807, 2.05) is 12.1 Å². The zero-order chi connectivity index (χ0) is 17.6. The van der Waals surface area contributed by atoms with Gasteiger partial charge in [-0.15, -0.1) is 0 Å². The average molecular weight is 339 g/mol. The lowest BCUT2D eigenvalue weighted by Crippen LogP contribution is -2.48. The molecule has 1 aromatic heterocycles. The third-order valence-corrected chi connectivity index (χ3v) is 4.80. The number of imide groups is 1. The number of carbonyl (C=O) groups is 3. The molecule has 0 spiro atoms. The van der Waals surface area contributed by atoms with Gasteiger partial charge in [0.05, 0.1) is 12.2 Å². The van der Waals surface area contributed by atoms with E-state index in [0.29, 0.717) is 12.0 Å². The quantitative estimate of drug-likeness (QED) is 0.832. The van der Waals surface area contributed by atoms with E-state index in [1.165, 1.54) is 0 Å². The van der Waals surface area contributed by atoms with Crippen molar-refractivity contribution in [3.63, 3.8) is 0 Å². The Balaban J connectivity index is 1.47. The second kappa shape index (κ2) is 5.47. The third-order valence-electron chi connectivity index (χ3n) is 4.80. The van der Waals surface area contributed by atoms with E-state index in [0.717, 1.165) is 10.8 Å². The summed E-state index contributed by atoms with van der Waals surface area (Å²) in [6.45, 7) is 1.62. The molecule has 2 aliphatic rings. The number of furan rings is 1. The number of benzene rings is 1. The van der Waals surface area contributed by atoms with Crippen molar-refractivity contribution in [2.45, 2.75) is 24.8 Å². The Morgan fingerprint density at radius 3 is 2.68 bits per heavy atom. The van der Waals surface area contributed by atoms with Crippen LogP contribution in [0.5, 0.6) is 0 Å². The first-order valence-electron chi connectivity index (χ1n) is 8.07. The predicted molar refractivity (Wildman–Crippen MR) is 86.9 cm³/mol. The maximum Gasteiger partial charge on any atom is 0.344 e. The van der Waals surface area contributed by atoms with Crippen LogP contribution in [0.3, 0.4) is 0 Å². The van der Waals surface area contributed by atoms with Gasteiger partial charge in [0.1, 0.15) is 11.3 Å². The van der Waals surface area contributed by atoms with Crippen molar-refractivity contribution in [1.29, 1.82) is 0 Å². The number of hydrogen-bond acceptors (Lipinski definition) is 4. The lowest BCUT2D eigenvalue weighted by molar-refractivity contribution is -0.139. The highest BCUT2D eigenvalue weighted by atomic mass is 16.3. The number of carbonyl (C=O) groups excluding carboxylic acids is 3. The lowest BCUT2D eigenvalue weighted by atomic mass is 9.92. The van der Waals surface area contributed by atoms with Crippen LogP contribution in [0.2, 0.25) is 0 Å². The Morgan fingerprint density at radius 2 is 2.00 bits per heavy atom. The standard InChI is InChI=1S/C18H17N3O4/c1-18(11-6-3-2-4-7-11)16(23)21(17(24)19-18)20-15(22)13-10-12(13)14-8-5-9-25-14/h2-9,12-13H,10H2,1H3,(H,19,24)(H,20,22). The summed E-state index contributed by atoms with van der Waals surface area (Å²) < 4.78 is 5.30. The second-order valence-corrected chi connectivity index (χ2v) is 6.50. The number of hydrogen-bond donors (Lipinski definition) is 2. The van der Waals surface area contributed by atoms with Gasteiger partial charge in [0, 0.05) is 5.92 Å². The molecule has 7 nitrogen and oxygen atoms in total. The molecule has 25 heavy (non-hydrogen) atoms. The monoisotopic (exact) mass is 339 g/mol. The first-order valence-corrected chi connectivity index (χ1v) is 8.07. The highest BCUT2D eigenvalue weighted by Gasteiger charge is 2.52. The number of hydrazine groups is 1. The van der Waals surface area contributed by atoms with Gasteiger partial charge in [-0.05, 0) is 31.0 Å². The summed E-state index contributed by atoms with van der Waals surface area (Å²) >= 11 is 0. The first-order chi connectivity index (χ1) is 12.0. The van der Waals surface area contributed by atoms with Gasteiger partial charge >= 0.3 is 6.03 Å². The first kappa shape index (κ1) is 15.4. The number of nitrogens with zero attached hydrogens (tertiary/aromatic N) is 1. The molecule has 1 aliphatic carbocycles. The number of rotatable bonds is 4. The minimum absolute atomic E-state index is 0.00345. The molecule has 3 atom stereocenters. The van der Waals surface area contributed by atoms with Gasteiger partial charge in [-0.2, -0.15) is 5.01 Å². The fourth-order valence-corrected chi connectivity index (χ4v) is 3.20. The van der Waals surface area contributed by atoms with Crippen LogP contribution < -0.4 is 10.7 Å². The molecule has 4 rings (SSSR count). The summed E-state index contributed by atoms with van der Waals surface area (Å²) in [5, 5.41) is 3.42. The van der Waals surface area contributed by atoms with Crippen molar-refractivity contribution >= 4 is 17.8 Å². The smallest absolute Gasteiger partial charge is 0.344 e. The van der Waals surface area contributed by atoms with Crippen molar-refractivity contribution in [1.82, 2.24) is 15.8 Å². The Labute approximate surface area is 144 Å². The van der Waals surface area contributed by atoms with E-state index >= 15 is 0 Å². The largest absolute Gasteiger partial charge is 0.469 e. The van der Waals surface area contributed by atoms with Crippen LogP contribution in [0.1, 0.15) is 30.6 Å². The van der Waals surface area contributed by atoms with Crippen molar-refractivity contribution in [2.24, 2.45) is 5.92 Å². The van der Waals surface area contributed by atoms with Crippen molar-refractivity contribution in [3.8, 4) is 0 Å². The van der Waals surface area contributed by atoms with Crippen LogP contribution in [0.4, 0.5) is 4.79 Å². The Bertz CT molecular complexity index is 833. The molecule has 2 N–H and O–H groups in total. The van der Waals surface area contributed by atoms with E-state index in [4.69, 9.17) is 4.42 Å². The van der Waals surface area contributed by atoms with Gasteiger partial charge in [-0.25, -0.2) is 4.79 Å². The van der Waals surface area contributed by atoms with Crippen LogP contribution >= 0.6 is 0 Å². The van der Waals surface area contributed by atoms with E-state index in [9.17, 15) is 14.4 Å². The Hall–Kier alpha value is -3.09. The zero-order valence-corrected chi connectivity index (χ0v) is 13.6. The third kappa shape index (κ3) is 2.48. The summed E-state index contributed by atoms with van der Waals surface area (Å²) in [6, 6.07) is 11.9. The van der Waals surface area contributed by atoms with Gasteiger partial charge in [-0.1, -0.05) is 30.3 Å². The van der Waals surface area contributed by atoms with Crippen LogP contribution in [0.25, 0.3) is 0 Å². The van der Waals surface area contributed by atoms with Crippen molar-refractivity contribution < 1.29 is 18.8 Å². The van der Waals surface area contributed by atoms with Gasteiger partial charge in [-0.3, -0.25) is 15.0 Å². The molecule has 1 aromatic carbocycles. The predicted octanol–water partition coefficient (Wildman–Crippen LogP) is 1.88. The molecular weight excluding hydrogens is 322 g/mol. The molecule has 7 heteroatoms. The molecule has 1 saturated carbocycles. The van der Waals surface area contributed by atoms with E-state index in [2.05, 4.69) is 10.7 Å². The maximum absolute atomic E-state index is 12.7. The highest BCUT2D eigenvalue weighted by molar-refractivity contribution is 6.08. The maximum atomic E-state index is 12.7. The van der Waals surface area contributed by atoms with E-state index < -0.39 is 17.5 Å². The SMILES string of the molecule is CC1(c2ccccc2)NC(=O)N(NC(=O)C2CC2c2ccco2)C1=O. The second-order valence-electron chi connectivity index (χ2n) is 6.50. The molecule has 4 amide bonds. The van der Waals surface area contributed by atoms with Gasteiger partial charge in [0.2, 0.25) is 5.91 Å². The topological polar surface area (TPSA) is 91.7 Å². The Morgan fingerprint density at radius 1 is 1.24 bits per heavy atom. The molecule has 2 aromatic rings. The van der Waals surface area contributed by atoms with Crippen LogP contribution in [0, 0.1) is 5.92 Å². The fourth-order valence-electron chi connectivity index (χ4n) is 3.20.